The van der Waals surface area contributed by atoms with E-state index in [1.807, 2.05) is 36.4 Å². The Morgan fingerprint density at radius 3 is 2.25 bits per heavy atom. The van der Waals surface area contributed by atoms with E-state index in [0.29, 0.717) is 38.0 Å². The Bertz CT molecular complexity index is 748. The minimum absolute atomic E-state index is 0.194. The van der Waals surface area contributed by atoms with Crippen molar-refractivity contribution in [2.24, 2.45) is 0 Å². The molecule has 0 spiro atoms. The number of esters is 1. The summed E-state index contributed by atoms with van der Waals surface area (Å²) < 4.78 is 4.79. The smallest absolute Gasteiger partial charge is 0.320 e. The third kappa shape index (κ3) is 6.63. The number of ketones is 1. The molecule has 6 nitrogen and oxygen atoms in total. The van der Waals surface area contributed by atoms with E-state index in [9.17, 15) is 14.4 Å². The largest absolute Gasteiger partial charge is 0.468 e. The number of benzene rings is 2. The number of hydrogen-bond acceptors (Lipinski definition) is 5. The number of carbonyl (C=O) groups excluding carboxylic acids is 3. The third-order valence-corrected chi connectivity index (χ3v) is 4.30. The van der Waals surface area contributed by atoms with Gasteiger partial charge in [0.05, 0.1) is 7.11 Å². The highest BCUT2D eigenvalue weighted by atomic mass is 16.7. The lowest BCUT2D eigenvalue weighted by Gasteiger charge is -2.17. The van der Waals surface area contributed by atoms with Gasteiger partial charge >= 0.3 is 5.97 Å². The number of Topliss-reactive ketones (excluding diaryl/α,β-unsaturated/α-hetero) is 1. The standard InChI is InChI=1S/C22H25NO5/c1-27-22(26)21(19-12-6-3-7-13-19)20(25)14-8-9-15-23(17-24)28-16-18-10-4-2-5-11-18/h2-7,10-13,17,21H,8-9,14-16H2,1H3. The molecule has 0 fully saturated rings. The number of hydrogen-bond donors (Lipinski definition) is 0. The predicted molar refractivity (Wildman–Crippen MR) is 104 cm³/mol. The summed E-state index contributed by atoms with van der Waals surface area (Å²) in [4.78, 5) is 41.2. The summed E-state index contributed by atoms with van der Waals surface area (Å²) in [6.45, 7) is 0.675. The average Bonchev–Trinajstić information content (AvgIpc) is 2.74. The first-order chi connectivity index (χ1) is 13.7. The van der Waals surface area contributed by atoms with E-state index in [1.165, 1.54) is 12.2 Å². The van der Waals surface area contributed by atoms with Crippen LogP contribution in [0.3, 0.4) is 0 Å². The Morgan fingerprint density at radius 1 is 1.00 bits per heavy atom. The fourth-order valence-electron chi connectivity index (χ4n) is 2.81. The van der Waals surface area contributed by atoms with E-state index in [0.717, 1.165) is 5.56 Å². The highest BCUT2D eigenvalue weighted by molar-refractivity contribution is 6.04. The van der Waals surface area contributed by atoms with Crippen LogP contribution in [-0.4, -0.2) is 36.9 Å². The topological polar surface area (TPSA) is 72.9 Å². The van der Waals surface area contributed by atoms with Crippen molar-refractivity contribution in [1.29, 1.82) is 0 Å². The van der Waals surface area contributed by atoms with Crippen molar-refractivity contribution in [3.05, 3.63) is 71.8 Å². The maximum atomic E-state index is 12.6. The van der Waals surface area contributed by atoms with Gasteiger partial charge < -0.3 is 4.74 Å². The summed E-state index contributed by atoms with van der Waals surface area (Å²) >= 11 is 0. The molecule has 0 aliphatic rings. The number of rotatable bonds is 12. The van der Waals surface area contributed by atoms with Gasteiger partial charge in [-0.15, -0.1) is 0 Å². The zero-order chi connectivity index (χ0) is 20.2. The quantitative estimate of drug-likeness (QED) is 0.185. The maximum Gasteiger partial charge on any atom is 0.320 e. The van der Waals surface area contributed by atoms with Crippen LogP contribution in [0.15, 0.2) is 60.7 Å². The summed E-state index contributed by atoms with van der Waals surface area (Å²) in [7, 11) is 1.28. The second-order valence-electron chi connectivity index (χ2n) is 6.30. The van der Waals surface area contributed by atoms with E-state index in [4.69, 9.17) is 9.57 Å². The Hall–Kier alpha value is -2.99. The number of methoxy groups -OCH3 is 1. The van der Waals surface area contributed by atoms with E-state index in [-0.39, 0.29) is 12.2 Å². The lowest BCUT2D eigenvalue weighted by Crippen LogP contribution is -2.25. The van der Waals surface area contributed by atoms with Gasteiger partial charge in [0.1, 0.15) is 12.5 Å². The van der Waals surface area contributed by atoms with Gasteiger partial charge in [0.15, 0.2) is 5.78 Å². The third-order valence-electron chi connectivity index (χ3n) is 4.30. The minimum Gasteiger partial charge on any atom is -0.468 e. The molecular formula is C22H25NO5. The zero-order valence-corrected chi connectivity index (χ0v) is 16.0. The predicted octanol–water partition coefficient (Wildman–Crippen LogP) is 3.27. The summed E-state index contributed by atoms with van der Waals surface area (Å²) in [6, 6.07) is 18.4. The molecule has 0 saturated carbocycles. The molecule has 0 saturated heterocycles. The molecule has 0 aliphatic heterocycles. The lowest BCUT2D eigenvalue weighted by atomic mass is 9.92. The van der Waals surface area contributed by atoms with E-state index >= 15 is 0 Å². The minimum atomic E-state index is -0.914. The monoisotopic (exact) mass is 383 g/mol. The van der Waals surface area contributed by atoms with Gasteiger partial charge in [-0.1, -0.05) is 60.7 Å². The highest BCUT2D eigenvalue weighted by Crippen LogP contribution is 2.21. The van der Waals surface area contributed by atoms with Gasteiger partial charge in [0.2, 0.25) is 6.41 Å². The number of carbonyl (C=O) groups is 3. The van der Waals surface area contributed by atoms with E-state index in [2.05, 4.69) is 0 Å². The van der Waals surface area contributed by atoms with Gasteiger partial charge in [0.25, 0.3) is 0 Å². The molecule has 0 N–H and O–H groups in total. The first-order valence-electron chi connectivity index (χ1n) is 9.20. The van der Waals surface area contributed by atoms with Gasteiger partial charge in [-0.3, -0.25) is 19.2 Å². The molecule has 2 aromatic rings. The van der Waals surface area contributed by atoms with E-state index < -0.39 is 11.9 Å². The normalized spacial score (nSPS) is 11.5. The van der Waals surface area contributed by atoms with Gasteiger partial charge in [-0.25, -0.2) is 5.06 Å². The summed E-state index contributed by atoms with van der Waals surface area (Å²) in [6.07, 6.45) is 1.98. The van der Waals surface area contributed by atoms with Crippen LogP contribution in [0.25, 0.3) is 0 Å². The fourth-order valence-corrected chi connectivity index (χ4v) is 2.81. The highest BCUT2D eigenvalue weighted by Gasteiger charge is 2.28. The van der Waals surface area contributed by atoms with Gasteiger partial charge in [-0.2, -0.15) is 0 Å². The number of unbranched alkanes of at least 4 members (excludes halogenated alkanes) is 1. The van der Waals surface area contributed by atoms with Crippen LogP contribution in [0.1, 0.15) is 36.3 Å². The molecule has 1 atom stereocenters. The molecule has 6 heteroatoms. The second kappa shape index (κ2) is 11.7. The lowest BCUT2D eigenvalue weighted by molar-refractivity contribution is -0.177. The Kier molecular flexibility index (Phi) is 8.88. The molecule has 2 rings (SSSR count). The molecule has 0 aromatic heterocycles. The molecule has 0 aliphatic carbocycles. The number of amides is 1. The van der Waals surface area contributed by atoms with Crippen LogP contribution >= 0.6 is 0 Å². The Morgan fingerprint density at radius 2 is 1.64 bits per heavy atom. The SMILES string of the molecule is COC(=O)C(C(=O)CCCCN(C=O)OCc1ccccc1)c1ccccc1. The van der Waals surface area contributed by atoms with Crippen molar-refractivity contribution >= 4 is 18.2 Å². The molecule has 2 aromatic carbocycles. The summed E-state index contributed by atoms with van der Waals surface area (Å²) in [5, 5.41) is 1.23. The second-order valence-corrected chi connectivity index (χ2v) is 6.30. The Labute approximate surface area is 165 Å². The van der Waals surface area contributed by atoms with Crippen molar-refractivity contribution in [3.8, 4) is 0 Å². The van der Waals surface area contributed by atoms with Crippen LogP contribution in [0.4, 0.5) is 0 Å². The molecule has 148 valence electrons. The summed E-state index contributed by atoms with van der Waals surface area (Å²) in [5.74, 6) is -1.67. The number of ether oxygens (including phenoxy) is 1. The van der Waals surface area contributed by atoms with Gasteiger partial charge in [0, 0.05) is 13.0 Å². The maximum absolute atomic E-state index is 12.6. The zero-order valence-electron chi connectivity index (χ0n) is 16.0. The molecule has 1 unspecified atom stereocenters. The van der Waals surface area contributed by atoms with Crippen molar-refractivity contribution in [1.82, 2.24) is 5.06 Å². The van der Waals surface area contributed by atoms with Crippen molar-refractivity contribution in [2.45, 2.75) is 31.8 Å². The fraction of sp³-hybridized carbons (Fsp3) is 0.318. The van der Waals surface area contributed by atoms with Crippen molar-refractivity contribution in [3.63, 3.8) is 0 Å². The molecule has 28 heavy (non-hydrogen) atoms. The molecule has 0 radical (unpaired) electrons. The van der Waals surface area contributed by atoms with Crippen LogP contribution < -0.4 is 0 Å². The molecule has 1 amide bonds. The Balaban J connectivity index is 1.79. The molecule has 0 heterocycles. The first-order valence-corrected chi connectivity index (χ1v) is 9.20. The molecular weight excluding hydrogens is 358 g/mol. The van der Waals surface area contributed by atoms with Crippen molar-refractivity contribution < 1.29 is 24.0 Å². The van der Waals surface area contributed by atoms with Crippen LogP contribution in [0, 0.1) is 0 Å². The molecule has 0 bridgehead atoms. The average molecular weight is 383 g/mol. The van der Waals surface area contributed by atoms with E-state index in [1.54, 1.807) is 24.3 Å². The van der Waals surface area contributed by atoms with Crippen LogP contribution in [-0.2, 0) is 30.6 Å². The first kappa shape index (κ1) is 21.3. The number of nitrogens with zero attached hydrogens (tertiary/aromatic N) is 1. The van der Waals surface area contributed by atoms with Gasteiger partial charge in [-0.05, 0) is 24.0 Å². The summed E-state index contributed by atoms with van der Waals surface area (Å²) in [5.41, 5.74) is 1.59. The number of hydroxylamine groups is 2. The van der Waals surface area contributed by atoms with Crippen molar-refractivity contribution in [2.75, 3.05) is 13.7 Å². The van der Waals surface area contributed by atoms with Crippen LogP contribution in [0.2, 0.25) is 0 Å². The van der Waals surface area contributed by atoms with Crippen LogP contribution in [0.5, 0.6) is 0 Å².